The quantitative estimate of drug-likeness (QED) is 0.151. The van der Waals surface area contributed by atoms with Crippen molar-refractivity contribution in [2.45, 2.75) is 5.41 Å². The van der Waals surface area contributed by atoms with Crippen LogP contribution in [0.25, 0.3) is 77.2 Å². The largest absolute Gasteiger partial charge is 0.456 e. The zero-order valence-electron chi connectivity index (χ0n) is 36.7. The summed E-state index contributed by atoms with van der Waals surface area (Å²) in [6, 6.07) is 95.1. The van der Waals surface area contributed by atoms with Gasteiger partial charge in [-0.1, -0.05) is 212 Å². The van der Waals surface area contributed by atoms with Crippen LogP contribution < -0.4 is 4.90 Å². The van der Waals surface area contributed by atoms with Gasteiger partial charge in [-0.15, -0.1) is 0 Å². The Morgan fingerprint density at radius 2 is 0.806 bits per heavy atom. The monoisotopic (exact) mass is 853 g/mol. The van der Waals surface area contributed by atoms with Crippen molar-refractivity contribution in [3.05, 3.63) is 283 Å². The zero-order chi connectivity index (χ0) is 44.3. The summed E-state index contributed by atoms with van der Waals surface area (Å²) in [5.41, 5.74) is 19.1. The van der Waals surface area contributed by atoms with Crippen molar-refractivity contribution in [3.63, 3.8) is 0 Å². The lowest BCUT2D eigenvalue weighted by Crippen LogP contribution is -2.28. The topological polar surface area (TPSA) is 16.4 Å². The van der Waals surface area contributed by atoms with Gasteiger partial charge in [-0.3, -0.25) is 0 Å². The Labute approximate surface area is 390 Å². The molecule has 1 heterocycles. The molecule has 0 fully saturated rings. The molecule has 0 atom stereocenters. The van der Waals surface area contributed by atoms with Crippen LogP contribution in [0.15, 0.2) is 265 Å². The molecule has 0 saturated carbocycles. The van der Waals surface area contributed by atoms with E-state index in [9.17, 15) is 0 Å². The van der Waals surface area contributed by atoms with E-state index in [-0.39, 0.29) is 0 Å². The van der Waals surface area contributed by atoms with Crippen LogP contribution in [0.2, 0.25) is 0 Å². The van der Waals surface area contributed by atoms with Crippen molar-refractivity contribution >= 4 is 49.8 Å². The number of hydrogen-bond donors (Lipinski definition) is 0. The van der Waals surface area contributed by atoms with E-state index in [2.05, 4.69) is 254 Å². The molecule has 0 radical (unpaired) electrons. The maximum absolute atomic E-state index is 6.32. The number of fused-ring (bicyclic) bond motifs is 7. The fraction of sp³-hybridized carbons (Fsp3) is 0.0154. The molecule has 2 nitrogen and oxygen atoms in total. The normalized spacial score (nSPS) is 12.6. The van der Waals surface area contributed by atoms with Gasteiger partial charge in [0.15, 0.2) is 0 Å². The minimum Gasteiger partial charge on any atom is -0.456 e. The summed E-state index contributed by atoms with van der Waals surface area (Å²) in [5.74, 6) is 0. The zero-order valence-corrected chi connectivity index (χ0v) is 36.7. The van der Waals surface area contributed by atoms with E-state index in [1.807, 2.05) is 12.1 Å². The molecule has 0 aliphatic heterocycles. The summed E-state index contributed by atoms with van der Waals surface area (Å²) in [6.45, 7) is 0. The highest BCUT2D eigenvalue weighted by Gasteiger charge is 2.47. The third-order valence-electron chi connectivity index (χ3n) is 14.0. The van der Waals surface area contributed by atoms with Crippen LogP contribution in [0.4, 0.5) is 17.1 Å². The van der Waals surface area contributed by atoms with Crippen LogP contribution >= 0.6 is 0 Å². The molecule has 0 spiro atoms. The van der Waals surface area contributed by atoms with Crippen molar-refractivity contribution in [2.75, 3.05) is 4.90 Å². The van der Waals surface area contributed by atoms with Gasteiger partial charge in [-0.2, -0.15) is 0 Å². The van der Waals surface area contributed by atoms with Gasteiger partial charge in [0.25, 0.3) is 0 Å². The van der Waals surface area contributed by atoms with Gasteiger partial charge in [-0.05, 0) is 121 Å². The van der Waals surface area contributed by atoms with Gasteiger partial charge in [0.1, 0.15) is 11.2 Å². The van der Waals surface area contributed by atoms with Crippen molar-refractivity contribution in [2.24, 2.45) is 0 Å². The maximum Gasteiger partial charge on any atom is 0.136 e. The molecule has 1 aliphatic rings. The Kier molecular flexibility index (Phi) is 9.11. The summed E-state index contributed by atoms with van der Waals surface area (Å²) < 4.78 is 6.32. The molecule has 0 bridgehead atoms. The Balaban J connectivity index is 0.954. The summed E-state index contributed by atoms with van der Waals surface area (Å²) >= 11 is 0. The van der Waals surface area contributed by atoms with Gasteiger partial charge in [0.05, 0.1) is 11.1 Å². The smallest absolute Gasteiger partial charge is 0.136 e. The second-order valence-corrected chi connectivity index (χ2v) is 17.6. The van der Waals surface area contributed by atoms with Crippen LogP contribution in [-0.4, -0.2) is 0 Å². The van der Waals surface area contributed by atoms with Gasteiger partial charge in [0.2, 0.25) is 0 Å². The summed E-state index contributed by atoms with van der Waals surface area (Å²) in [4.78, 5) is 2.45. The summed E-state index contributed by atoms with van der Waals surface area (Å²) in [7, 11) is 0. The van der Waals surface area contributed by atoms with Gasteiger partial charge < -0.3 is 9.32 Å². The Morgan fingerprint density at radius 3 is 1.52 bits per heavy atom. The van der Waals surface area contributed by atoms with Crippen LogP contribution in [0.1, 0.15) is 22.3 Å². The number of furan rings is 1. The SMILES string of the molecule is c1ccc(C2(c3ccccc3)c3ccccc3-c3c(N(c4ccc(-c5ccc(-c6cccc7ccccc67)cc5)cc4)c4ccc(-c5ccc6c(c5)oc5ccccc56)cc4)cccc32)cc1. The molecule has 13 rings (SSSR count). The number of benzene rings is 11. The first-order valence-electron chi connectivity index (χ1n) is 23.1. The van der Waals surface area contributed by atoms with Crippen molar-refractivity contribution in [1.29, 1.82) is 0 Å². The Hall–Kier alpha value is -8.72. The molecular formula is C65H43NO. The molecule has 0 amide bonds. The van der Waals surface area contributed by atoms with E-state index in [4.69, 9.17) is 4.42 Å². The lowest BCUT2D eigenvalue weighted by atomic mass is 9.68. The third-order valence-corrected chi connectivity index (χ3v) is 14.0. The number of anilines is 3. The molecule has 12 aromatic rings. The molecule has 0 N–H and O–H groups in total. The minimum atomic E-state index is -0.517. The van der Waals surface area contributed by atoms with E-state index in [1.165, 1.54) is 66.4 Å². The fourth-order valence-electron chi connectivity index (χ4n) is 10.9. The molecular weight excluding hydrogens is 811 g/mol. The Bertz CT molecular complexity index is 3730. The van der Waals surface area contributed by atoms with Crippen LogP contribution in [0, 0.1) is 0 Å². The second-order valence-electron chi connectivity index (χ2n) is 17.6. The maximum atomic E-state index is 6.32. The van der Waals surface area contributed by atoms with Crippen LogP contribution in [0.5, 0.6) is 0 Å². The molecule has 2 heteroatoms. The first kappa shape index (κ1) is 38.7. The lowest BCUT2D eigenvalue weighted by molar-refractivity contribution is 0.669. The van der Waals surface area contributed by atoms with Crippen molar-refractivity contribution in [1.82, 2.24) is 0 Å². The highest BCUT2D eigenvalue weighted by molar-refractivity contribution is 6.06. The second kappa shape index (κ2) is 15.8. The van der Waals surface area contributed by atoms with Crippen LogP contribution in [0.3, 0.4) is 0 Å². The van der Waals surface area contributed by atoms with Crippen molar-refractivity contribution in [3.8, 4) is 44.5 Å². The average Bonchev–Trinajstić information content (AvgIpc) is 3.93. The third kappa shape index (κ3) is 6.26. The van der Waals surface area contributed by atoms with Crippen molar-refractivity contribution < 1.29 is 4.42 Å². The molecule has 67 heavy (non-hydrogen) atoms. The van der Waals surface area contributed by atoms with E-state index in [1.54, 1.807) is 0 Å². The van der Waals surface area contributed by atoms with E-state index in [0.29, 0.717) is 0 Å². The molecule has 0 saturated heterocycles. The minimum absolute atomic E-state index is 0.517. The number of nitrogens with zero attached hydrogens (tertiary/aromatic N) is 1. The molecule has 11 aromatic carbocycles. The highest BCUT2D eigenvalue weighted by Crippen LogP contribution is 2.59. The van der Waals surface area contributed by atoms with Gasteiger partial charge >= 0.3 is 0 Å². The molecule has 1 aromatic heterocycles. The highest BCUT2D eigenvalue weighted by atomic mass is 16.3. The molecule has 1 aliphatic carbocycles. The summed E-state index contributed by atoms with van der Waals surface area (Å²) in [6.07, 6.45) is 0. The van der Waals surface area contributed by atoms with Gasteiger partial charge in [0, 0.05) is 27.7 Å². The first-order valence-corrected chi connectivity index (χ1v) is 23.1. The lowest BCUT2D eigenvalue weighted by Gasteiger charge is -2.34. The van der Waals surface area contributed by atoms with Gasteiger partial charge in [-0.25, -0.2) is 0 Å². The first-order chi connectivity index (χ1) is 33.2. The predicted octanol–water partition coefficient (Wildman–Crippen LogP) is 17.6. The Morgan fingerprint density at radius 1 is 0.313 bits per heavy atom. The number of para-hydroxylation sites is 1. The fourth-order valence-corrected chi connectivity index (χ4v) is 10.9. The van der Waals surface area contributed by atoms with Crippen LogP contribution in [-0.2, 0) is 5.41 Å². The van der Waals surface area contributed by atoms with E-state index >= 15 is 0 Å². The number of hydrogen-bond acceptors (Lipinski definition) is 2. The molecule has 0 unspecified atom stereocenters. The standard InChI is InChI=1S/C65H43NO/c1-3-17-50(18-4-1)65(51-19-5-2-6-20-51)59-25-11-9-23-58(59)64-60(65)26-14-27-61(64)66(53-40-35-46(36-41-53)49-37-42-57-56-22-10-12-28-62(56)67-63(57)43-49)52-38-33-45(34-39-52)44-29-31-48(32-30-44)55-24-13-16-47-15-7-8-21-54(47)55/h1-43H. The predicted molar refractivity (Wildman–Crippen MR) is 280 cm³/mol. The van der Waals surface area contributed by atoms with E-state index < -0.39 is 5.41 Å². The molecule has 314 valence electrons. The van der Waals surface area contributed by atoms with E-state index in [0.717, 1.165) is 50.1 Å². The average molecular weight is 854 g/mol. The number of rotatable bonds is 8. The summed E-state index contributed by atoms with van der Waals surface area (Å²) in [5, 5.41) is 4.79.